The lowest BCUT2D eigenvalue weighted by molar-refractivity contribution is 0.412. The summed E-state index contributed by atoms with van der Waals surface area (Å²) in [4.78, 5) is 4.22. The van der Waals surface area contributed by atoms with E-state index in [9.17, 15) is 10.2 Å². The van der Waals surface area contributed by atoms with Crippen LogP contribution >= 0.6 is 0 Å². The van der Waals surface area contributed by atoms with Gasteiger partial charge in [-0.1, -0.05) is 66.7 Å². The Bertz CT molecular complexity index is 966. The fraction of sp³-hybridized carbons (Fsp3) is 0.0455. The van der Waals surface area contributed by atoms with Gasteiger partial charge in [-0.3, -0.25) is 0 Å². The lowest BCUT2D eigenvalue weighted by Gasteiger charge is -2.37. The minimum absolute atomic E-state index is 0.147. The molecule has 0 atom stereocenters. The molecule has 0 bridgehead atoms. The molecule has 0 amide bonds. The highest BCUT2D eigenvalue weighted by Crippen LogP contribution is 2.46. The monoisotopic (exact) mass is 342 g/mol. The molecule has 4 heteroatoms. The molecule has 128 valence electrons. The summed E-state index contributed by atoms with van der Waals surface area (Å²) in [6.45, 7) is 0. The van der Waals surface area contributed by atoms with E-state index in [1.165, 1.54) is 0 Å². The third-order valence-corrected chi connectivity index (χ3v) is 4.67. The number of benzene rings is 3. The van der Waals surface area contributed by atoms with Crippen molar-refractivity contribution in [3.8, 4) is 11.5 Å². The molecule has 0 aliphatic heterocycles. The van der Waals surface area contributed by atoms with Crippen LogP contribution in [0, 0.1) is 0 Å². The van der Waals surface area contributed by atoms with Crippen LogP contribution in [0.3, 0.4) is 0 Å². The predicted molar refractivity (Wildman–Crippen MR) is 100 cm³/mol. The Balaban J connectivity index is 2.19. The number of imidazole rings is 1. The van der Waals surface area contributed by atoms with E-state index < -0.39 is 5.54 Å². The summed E-state index contributed by atoms with van der Waals surface area (Å²) in [5, 5.41) is 21.5. The van der Waals surface area contributed by atoms with E-state index in [1.807, 2.05) is 65.4 Å². The highest BCUT2D eigenvalue weighted by Gasteiger charge is 2.41. The largest absolute Gasteiger partial charge is 0.508 e. The molecule has 4 nitrogen and oxygen atoms in total. The van der Waals surface area contributed by atoms with Gasteiger partial charge in [0.2, 0.25) is 0 Å². The van der Waals surface area contributed by atoms with E-state index in [1.54, 1.807) is 36.8 Å². The number of aromatic hydroxyl groups is 2. The second-order valence-electron chi connectivity index (χ2n) is 6.08. The van der Waals surface area contributed by atoms with Crippen molar-refractivity contribution < 1.29 is 10.2 Å². The molecule has 0 saturated carbocycles. The summed E-state index contributed by atoms with van der Waals surface area (Å²) in [6, 6.07) is 24.2. The molecule has 0 unspecified atom stereocenters. The molecule has 0 aliphatic rings. The van der Waals surface area contributed by atoms with Crippen molar-refractivity contribution in [2.75, 3.05) is 0 Å². The van der Waals surface area contributed by atoms with Gasteiger partial charge in [0.25, 0.3) is 0 Å². The molecule has 0 spiro atoms. The Morgan fingerprint density at radius 3 is 1.73 bits per heavy atom. The number of phenolic OH excluding ortho intramolecular Hbond substituents is 2. The Labute approximate surface area is 151 Å². The van der Waals surface area contributed by atoms with E-state index in [0.29, 0.717) is 11.1 Å². The number of nitrogens with zero attached hydrogens (tertiary/aromatic N) is 2. The fourth-order valence-corrected chi connectivity index (χ4v) is 3.58. The van der Waals surface area contributed by atoms with Gasteiger partial charge in [-0.15, -0.1) is 0 Å². The highest BCUT2D eigenvalue weighted by atomic mass is 16.3. The van der Waals surface area contributed by atoms with Crippen molar-refractivity contribution in [2.24, 2.45) is 0 Å². The van der Waals surface area contributed by atoms with Crippen LogP contribution in [-0.2, 0) is 5.54 Å². The highest BCUT2D eigenvalue weighted by molar-refractivity contribution is 5.58. The van der Waals surface area contributed by atoms with E-state index in [0.717, 1.165) is 5.56 Å². The average Bonchev–Trinajstić information content (AvgIpc) is 3.21. The maximum atomic E-state index is 10.7. The van der Waals surface area contributed by atoms with Gasteiger partial charge in [0.15, 0.2) is 0 Å². The molecule has 3 aromatic carbocycles. The van der Waals surface area contributed by atoms with Crippen molar-refractivity contribution in [2.45, 2.75) is 5.54 Å². The summed E-state index contributed by atoms with van der Waals surface area (Å²) in [7, 11) is 0. The zero-order chi connectivity index (χ0) is 18.0. The van der Waals surface area contributed by atoms with E-state index in [-0.39, 0.29) is 11.5 Å². The minimum Gasteiger partial charge on any atom is -0.508 e. The van der Waals surface area contributed by atoms with Gasteiger partial charge < -0.3 is 14.8 Å². The zero-order valence-corrected chi connectivity index (χ0v) is 14.0. The molecule has 0 aliphatic carbocycles. The van der Waals surface area contributed by atoms with Crippen LogP contribution in [0.25, 0.3) is 0 Å². The molecule has 0 fully saturated rings. The van der Waals surface area contributed by atoms with E-state index in [4.69, 9.17) is 0 Å². The van der Waals surface area contributed by atoms with Crippen molar-refractivity contribution in [3.63, 3.8) is 0 Å². The van der Waals surface area contributed by atoms with Gasteiger partial charge in [-0.05, 0) is 17.7 Å². The SMILES string of the molecule is Oc1ccccc1C(c1ccccc1)(c1ccccc1O)n1ccnc1. The average molecular weight is 342 g/mol. The summed E-state index contributed by atoms with van der Waals surface area (Å²) >= 11 is 0. The summed E-state index contributed by atoms with van der Waals surface area (Å²) in [5.74, 6) is 0.293. The second-order valence-corrected chi connectivity index (χ2v) is 6.08. The zero-order valence-electron chi connectivity index (χ0n) is 14.0. The molecule has 26 heavy (non-hydrogen) atoms. The van der Waals surface area contributed by atoms with Crippen molar-refractivity contribution in [1.82, 2.24) is 9.55 Å². The number of aromatic nitrogens is 2. The first-order valence-corrected chi connectivity index (χ1v) is 8.35. The van der Waals surface area contributed by atoms with Crippen molar-refractivity contribution in [3.05, 3.63) is 114 Å². The Morgan fingerprint density at radius 1 is 0.692 bits per heavy atom. The minimum atomic E-state index is -0.964. The summed E-state index contributed by atoms with van der Waals surface area (Å²) in [5.41, 5.74) is 1.26. The normalized spacial score (nSPS) is 11.4. The quantitative estimate of drug-likeness (QED) is 0.548. The van der Waals surface area contributed by atoms with Gasteiger partial charge in [0, 0.05) is 23.5 Å². The number of rotatable bonds is 4. The van der Waals surface area contributed by atoms with Gasteiger partial charge in [0.05, 0.1) is 6.33 Å². The first-order valence-electron chi connectivity index (χ1n) is 8.35. The molecule has 4 aromatic rings. The molecule has 0 saturated heterocycles. The standard InChI is InChI=1S/C22H18N2O2/c25-20-12-6-4-10-18(20)22(24-15-14-23-16-24,17-8-2-1-3-9-17)19-11-5-7-13-21(19)26/h1-16,25-26H. The van der Waals surface area contributed by atoms with Crippen LogP contribution in [0.5, 0.6) is 11.5 Å². The number of para-hydroxylation sites is 2. The van der Waals surface area contributed by atoms with Crippen LogP contribution in [0.1, 0.15) is 16.7 Å². The number of hydrogen-bond donors (Lipinski definition) is 2. The van der Waals surface area contributed by atoms with Gasteiger partial charge in [0.1, 0.15) is 17.0 Å². The third kappa shape index (κ3) is 2.35. The summed E-state index contributed by atoms with van der Waals surface area (Å²) in [6.07, 6.45) is 5.23. The maximum absolute atomic E-state index is 10.7. The first-order chi connectivity index (χ1) is 12.7. The van der Waals surface area contributed by atoms with Crippen LogP contribution in [0.2, 0.25) is 0 Å². The molecular weight excluding hydrogens is 324 g/mol. The Kier molecular flexibility index (Phi) is 3.93. The lowest BCUT2D eigenvalue weighted by atomic mass is 9.76. The Hall–Kier alpha value is -3.53. The molecular formula is C22H18N2O2. The smallest absolute Gasteiger partial charge is 0.128 e. The maximum Gasteiger partial charge on any atom is 0.128 e. The van der Waals surface area contributed by atoms with E-state index in [2.05, 4.69) is 4.98 Å². The number of phenols is 2. The van der Waals surface area contributed by atoms with E-state index >= 15 is 0 Å². The van der Waals surface area contributed by atoms with Crippen LogP contribution < -0.4 is 0 Å². The van der Waals surface area contributed by atoms with Gasteiger partial charge in [-0.2, -0.15) is 0 Å². The van der Waals surface area contributed by atoms with Crippen LogP contribution in [-0.4, -0.2) is 19.8 Å². The van der Waals surface area contributed by atoms with Gasteiger partial charge >= 0.3 is 0 Å². The molecule has 4 rings (SSSR count). The summed E-state index contributed by atoms with van der Waals surface area (Å²) < 4.78 is 1.91. The fourth-order valence-electron chi connectivity index (χ4n) is 3.58. The first kappa shape index (κ1) is 16.0. The van der Waals surface area contributed by atoms with Crippen molar-refractivity contribution in [1.29, 1.82) is 0 Å². The van der Waals surface area contributed by atoms with Crippen LogP contribution in [0.4, 0.5) is 0 Å². The molecule has 1 heterocycles. The molecule has 1 aromatic heterocycles. The predicted octanol–water partition coefficient (Wildman–Crippen LogP) is 4.13. The lowest BCUT2D eigenvalue weighted by Crippen LogP contribution is -2.37. The van der Waals surface area contributed by atoms with Crippen molar-refractivity contribution >= 4 is 0 Å². The topological polar surface area (TPSA) is 58.3 Å². The van der Waals surface area contributed by atoms with Gasteiger partial charge in [-0.25, -0.2) is 4.98 Å². The second kappa shape index (κ2) is 6.41. The van der Waals surface area contributed by atoms with Crippen LogP contribution in [0.15, 0.2) is 97.6 Å². The third-order valence-electron chi connectivity index (χ3n) is 4.67. The molecule has 0 radical (unpaired) electrons. The number of hydrogen-bond acceptors (Lipinski definition) is 3. The molecule has 2 N–H and O–H groups in total. The Morgan fingerprint density at radius 2 is 1.23 bits per heavy atom.